The third-order valence-corrected chi connectivity index (χ3v) is 16.5. The second kappa shape index (κ2) is 24.7. The lowest BCUT2D eigenvalue weighted by molar-refractivity contribution is -0.318. The highest BCUT2D eigenvalue weighted by Crippen LogP contribution is 2.41. The molecule has 19 atom stereocenters. The number of ether oxygens (including phenoxy) is 8. The summed E-state index contributed by atoms with van der Waals surface area (Å²) in [5.41, 5.74) is 3.25. The van der Waals surface area contributed by atoms with E-state index in [1.165, 1.54) is 26.0 Å². The second-order valence-electron chi connectivity index (χ2n) is 22.4. The van der Waals surface area contributed by atoms with Gasteiger partial charge in [-0.2, -0.15) is 0 Å². The Balaban J connectivity index is 1.22. The van der Waals surface area contributed by atoms with Gasteiger partial charge in [0.05, 0.1) is 66.8 Å². The van der Waals surface area contributed by atoms with Crippen molar-refractivity contribution in [3.63, 3.8) is 0 Å². The Morgan fingerprint density at radius 1 is 0.946 bits per heavy atom. The molecule has 74 heavy (non-hydrogen) atoms. The number of likely N-dealkylation sites (N-methyl/N-ethyl adjacent to an activating group) is 2. The van der Waals surface area contributed by atoms with Crippen LogP contribution in [0.2, 0.25) is 5.02 Å². The van der Waals surface area contributed by atoms with Gasteiger partial charge in [-0.3, -0.25) is 14.7 Å². The first-order valence-electron chi connectivity index (χ1n) is 26.2. The summed E-state index contributed by atoms with van der Waals surface area (Å²) in [7, 11) is 6.78. The number of carbonyl (C=O) groups excluding carboxylic acids is 2. The molecule has 4 saturated heterocycles. The number of aliphatic hydroxyl groups excluding tert-OH is 3. The normalized spacial score (nSPS) is 41.3. The molecule has 0 radical (unpaired) electrons. The van der Waals surface area contributed by atoms with Gasteiger partial charge < -0.3 is 78.7 Å². The number of nitrogens with one attached hydrogen (secondary N) is 2. The molecular weight excluding hydrogens is 984 g/mol. The summed E-state index contributed by atoms with van der Waals surface area (Å²) in [6.45, 7) is 19.1. The van der Waals surface area contributed by atoms with E-state index in [1.54, 1.807) is 59.7 Å². The molecule has 1 aromatic carbocycles. The summed E-state index contributed by atoms with van der Waals surface area (Å²) in [6, 6.07) is 4.10. The quantitative estimate of drug-likeness (QED) is 0.132. The maximum Gasteiger partial charge on any atom is 0.414 e. The minimum atomic E-state index is -1.85. The van der Waals surface area contributed by atoms with Gasteiger partial charge in [-0.15, -0.1) is 5.53 Å². The monoisotopic (exact) mass is 1070 g/mol. The number of halogens is 1. The fourth-order valence-corrected chi connectivity index (χ4v) is 11.9. The van der Waals surface area contributed by atoms with E-state index >= 15 is 0 Å². The highest BCUT2D eigenvalue weighted by atomic mass is 35.5. The summed E-state index contributed by atoms with van der Waals surface area (Å²) < 4.78 is 49.3. The number of cyclic esters (lactones) is 2. The van der Waals surface area contributed by atoms with E-state index in [2.05, 4.69) is 15.9 Å². The van der Waals surface area contributed by atoms with Gasteiger partial charge in [0, 0.05) is 68.6 Å². The van der Waals surface area contributed by atoms with Gasteiger partial charge in [0.1, 0.15) is 41.9 Å². The van der Waals surface area contributed by atoms with Crippen molar-refractivity contribution in [1.82, 2.24) is 25.8 Å². The Bertz CT molecular complexity index is 2080. The third-order valence-electron chi connectivity index (χ3n) is 16.2. The Morgan fingerprint density at radius 2 is 1.65 bits per heavy atom. The lowest BCUT2D eigenvalue weighted by Crippen LogP contribution is -2.61. The molecule has 22 heteroatoms. The van der Waals surface area contributed by atoms with Crippen molar-refractivity contribution >= 4 is 29.4 Å². The van der Waals surface area contributed by atoms with Gasteiger partial charge in [-0.05, 0) is 106 Å². The first kappa shape index (κ1) is 60.1. The molecule has 5 aliphatic rings. The number of esters is 1. The van der Waals surface area contributed by atoms with Crippen LogP contribution in [-0.4, -0.2) is 203 Å². The lowest BCUT2D eigenvalue weighted by Gasteiger charge is -2.49. The van der Waals surface area contributed by atoms with E-state index in [-0.39, 0.29) is 31.3 Å². The van der Waals surface area contributed by atoms with Crippen LogP contribution < -0.4 is 20.6 Å². The summed E-state index contributed by atoms with van der Waals surface area (Å²) in [5.74, 6) is -2.32. The molecule has 7 N–H and O–H groups in total. The highest BCUT2D eigenvalue weighted by molar-refractivity contribution is 6.32. The average molecular weight is 1070 g/mol. The molecule has 0 aromatic heterocycles. The minimum Gasteiger partial charge on any atom is -0.495 e. The largest absolute Gasteiger partial charge is 0.495 e. The maximum absolute atomic E-state index is 14.5. The van der Waals surface area contributed by atoms with Crippen LogP contribution in [-0.2, 0) is 38.0 Å². The summed E-state index contributed by atoms with van der Waals surface area (Å²) >= 11 is 6.33. The van der Waals surface area contributed by atoms with Crippen LogP contribution in [0.25, 0.3) is 0 Å². The number of hydrazine groups is 2. The van der Waals surface area contributed by atoms with Crippen molar-refractivity contribution in [3.05, 3.63) is 35.1 Å². The molecule has 6 rings (SSSR count). The fourth-order valence-electron chi connectivity index (χ4n) is 11.6. The van der Waals surface area contributed by atoms with E-state index in [0.717, 1.165) is 5.70 Å². The molecule has 0 saturated carbocycles. The second-order valence-corrected chi connectivity index (χ2v) is 22.8. The number of benzene rings is 1. The van der Waals surface area contributed by atoms with Gasteiger partial charge in [0.25, 0.3) is 0 Å². The van der Waals surface area contributed by atoms with Gasteiger partial charge in [0.2, 0.25) is 0 Å². The van der Waals surface area contributed by atoms with E-state index in [4.69, 9.17) is 49.5 Å². The molecule has 4 fully saturated rings. The van der Waals surface area contributed by atoms with E-state index in [9.17, 15) is 35.1 Å². The van der Waals surface area contributed by atoms with Crippen molar-refractivity contribution < 1.29 is 73.0 Å². The zero-order valence-corrected chi connectivity index (χ0v) is 46.7. The van der Waals surface area contributed by atoms with Gasteiger partial charge in [0.15, 0.2) is 12.6 Å². The van der Waals surface area contributed by atoms with Crippen LogP contribution in [0.1, 0.15) is 101 Å². The number of rotatable bonds is 14. The molecule has 1 aromatic rings. The van der Waals surface area contributed by atoms with Crippen LogP contribution in [0.4, 0.5) is 10.5 Å². The maximum atomic E-state index is 14.5. The number of aliphatic hydroxyl groups is 5. The fraction of sp³-hybridized carbons (Fsp3) is 0.808. The van der Waals surface area contributed by atoms with E-state index < -0.39 is 114 Å². The number of hydrogen-bond acceptors (Lipinski definition) is 20. The number of carbonyl (C=O) groups is 2. The van der Waals surface area contributed by atoms with Crippen LogP contribution in [0, 0.1) is 17.8 Å². The number of anilines is 1. The van der Waals surface area contributed by atoms with Gasteiger partial charge in [-0.1, -0.05) is 32.4 Å². The first-order chi connectivity index (χ1) is 34.6. The molecular formula is C52H87ClN6O15. The predicted molar refractivity (Wildman–Crippen MR) is 274 cm³/mol. The van der Waals surface area contributed by atoms with Crippen molar-refractivity contribution in [2.45, 2.75) is 198 Å². The Labute approximate surface area is 442 Å². The standard InChI is InChI=1S/C52H87ClN6O15/c1-15-40-52(10,66)44(61)32(6)57(12)24-28(2)22-50(8,65)46(30(4)43(31(5)47(63)72-40)73-41-23-51(9,68-14)45(62)33(7)70-41)74-48-42(60)38(20-29(3)69-48)56(11)19-18-34-25-58(55-54-34)26-36-27-59(49(64)71-36)35-16-17-39(67-13)37(53)21-35/h16-17,21,25,28-33,36,38,40-46,48,54-55,60-62,65-66H,15,18-20,22-24,26-27H2,1-14H3/t28-,29-,30+,31-,32-,33+,36+,38+,40-,41+,42-,43+,44-,45+,46-,48+,50-,51-,52-/m1/s1. The molecule has 0 spiro atoms. The number of amides is 1. The van der Waals surface area contributed by atoms with Crippen LogP contribution in [0.15, 0.2) is 30.1 Å². The topological polar surface area (TPSA) is 246 Å². The van der Waals surface area contributed by atoms with Gasteiger partial charge in [-0.25, -0.2) is 4.79 Å². The smallest absolute Gasteiger partial charge is 0.414 e. The van der Waals surface area contributed by atoms with Crippen molar-refractivity contribution in [3.8, 4) is 5.75 Å². The number of nitrogens with zero attached hydrogens (tertiary/aromatic N) is 4. The first-order valence-corrected chi connectivity index (χ1v) is 26.6. The summed E-state index contributed by atoms with van der Waals surface area (Å²) in [6.07, 6.45) is -7.67. The molecule has 1 amide bonds. The third kappa shape index (κ3) is 13.6. The molecule has 0 bridgehead atoms. The van der Waals surface area contributed by atoms with Crippen molar-refractivity contribution in [2.24, 2.45) is 17.8 Å². The van der Waals surface area contributed by atoms with Crippen LogP contribution in [0.5, 0.6) is 5.75 Å². The molecule has 0 unspecified atom stereocenters. The molecule has 422 valence electrons. The Hall–Kier alpha value is -3.13. The number of methoxy groups -OCH3 is 2. The van der Waals surface area contributed by atoms with Crippen molar-refractivity contribution in [1.29, 1.82) is 0 Å². The lowest BCUT2D eigenvalue weighted by atomic mass is 9.77. The highest BCUT2D eigenvalue weighted by Gasteiger charge is 2.53. The zero-order chi connectivity index (χ0) is 54.8. The summed E-state index contributed by atoms with van der Waals surface area (Å²) in [4.78, 5) is 32.9. The predicted octanol–water partition coefficient (Wildman–Crippen LogP) is 3.51. The van der Waals surface area contributed by atoms with Crippen LogP contribution in [0.3, 0.4) is 0 Å². The van der Waals surface area contributed by atoms with Crippen molar-refractivity contribution in [2.75, 3.05) is 59.4 Å². The van der Waals surface area contributed by atoms with Crippen LogP contribution >= 0.6 is 11.6 Å². The van der Waals surface area contributed by atoms with Gasteiger partial charge >= 0.3 is 12.1 Å². The zero-order valence-electron chi connectivity index (χ0n) is 45.9. The molecule has 0 aliphatic carbocycles. The van der Waals surface area contributed by atoms with E-state index in [0.29, 0.717) is 55.5 Å². The SMILES string of the molecule is CC[C@H]1OC(=O)[C@H](C)[C@@H](O[C@H]2C[C@@](C)(OC)[C@@H](O)[C@H](C)O2)[C@H](C)[C@@H](O[C@@H]2O[C@H](C)C[C@H](N(C)CCC3=CN(C[C@H]4CN(c5ccc(OC)c(Cl)c5)C(=O)O4)NN3)[C@H]2O)[C@](C)(O)C[C@@H](C)CN(C)[C@H](C)[C@@H](O)[C@]1(C)O. The summed E-state index contributed by atoms with van der Waals surface area (Å²) in [5, 5.41) is 62.0. The molecule has 21 nitrogen and oxygen atoms in total. The van der Waals surface area contributed by atoms with E-state index in [1.807, 2.05) is 51.0 Å². The Kier molecular flexibility index (Phi) is 20.0. The molecule has 5 heterocycles. The number of hydrogen-bond donors (Lipinski definition) is 7. The average Bonchev–Trinajstić information content (AvgIpc) is 3.96. The molecule has 5 aliphatic heterocycles. The Morgan fingerprint density at radius 3 is 2.30 bits per heavy atom. The minimum absolute atomic E-state index is 0.0915.